The molecule has 0 heterocycles. The predicted molar refractivity (Wildman–Crippen MR) is 71.7 cm³/mol. The van der Waals surface area contributed by atoms with E-state index in [4.69, 9.17) is 10.5 Å². The third-order valence-corrected chi connectivity index (χ3v) is 3.40. The van der Waals surface area contributed by atoms with Crippen LogP contribution in [0.4, 0.5) is 5.69 Å². The number of benzene rings is 1. The predicted octanol–water partition coefficient (Wildman–Crippen LogP) is 2.20. The molecule has 0 spiro atoms. The maximum atomic E-state index is 12.1. The summed E-state index contributed by atoms with van der Waals surface area (Å²) >= 11 is 0. The highest BCUT2D eigenvalue weighted by atomic mass is 16.5. The van der Waals surface area contributed by atoms with Crippen LogP contribution in [0.25, 0.3) is 0 Å². The average molecular weight is 248 g/mol. The molecule has 0 aliphatic heterocycles. The molecule has 1 amide bonds. The molecule has 0 saturated heterocycles. The van der Waals surface area contributed by atoms with Gasteiger partial charge in [0.15, 0.2) is 0 Å². The van der Waals surface area contributed by atoms with E-state index in [1.54, 1.807) is 25.3 Å². The Hall–Kier alpha value is -1.71. The second-order valence-electron chi connectivity index (χ2n) is 4.82. The molecule has 1 fully saturated rings. The number of nitrogen functional groups attached to an aromatic ring is 1. The van der Waals surface area contributed by atoms with E-state index >= 15 is 0 Å². The van der Waals surface area contributed by atoms with Gasteiger partial charge in [0.25, 0.3) is 5.91 Å². The van der Waals surface area contributed by atoms with Gasteiger partial charge in [-0.15, -0.1) is 0 Å². The standard InChI is InChI=1S/C14H20N2O2/c1-3-4-9-7-13(9)16-14(17)11-8-10(18-2)5-6-12(11)15/h5-6,8-9,13H,3-4,7,15H2,1-2H3,(H,16,17). The van der Waals surface area contributed by atoms with E-state index in [1.807, 2.05) is 0 Å². The van der Waals surface area contributed by atoms with Gasteiger partial charge < -0.3 is 15.8 Å². The topological polar surface area (TPSA) is 64.3 Å². The number of hydrogen-bond donors (Lipinski definition) is 2. The summed E-state index contributed by atoms with van der Waals surface area (Å²) in [4.78, 5) is 12.1. The molecule has 4 nitrogen and oxygen atoms in total. The fourth-order valence-corrected chi connectivity index (χ4v) is 2.22. The maximum Gasteiger partial charge on any atom is 0.253 e. The molecule has 2 rings (SSSR count). The highest BCUT2D eigenvalue weighted by Gasteiger charge is 2.37. The maximum absolute atomic E-state index is 12.1. The average Bonchev–Trinajstić information content (AvgIpc) is 3.08. The fourth-order valence-electron chi connectivity index (χ4n) is 2.22. The lowest BCUT2D eigenvalue weighted by Gasteiger charge is -2.09. The number of nitrogens with one attached hydrogen (secondary N) is 1. The van der Waals surface area contributed by atoms with Gasteiger partial charge in [-0.1, -0.05) is 13.3 Å². The van der Waals surface area contributed by atoms with Crippen molar-refractivity contribution in [3.63, 3.8) is 0 Å². The number of anilines is 1. The van der Waals surface area contributed by atoms with Gasteiger partial charge in [0.1, 0.15) is 5.75 Å². The molecular formula is C14H20N2O2. The van der Waals surface area contributed by atoms with Gasteiger partial charge in [-0.3, -0.25) is 4.79 Å². The van der Waals surface area contributed by atoms with Crippen LogP contribution < -0.4 is 15.8 Å². The Morgan fingerprint density at radius 2 is 2.33 bits per heavy atom. The number of amides is 1. The quantitative estimate of drug-likeness (QED) is 0.785. The van der Waals surface area contributed by atoms with E-state index in [9.17, 15) is 4.79 Å². The van der Waals surface area contributed by atoms with Crippen molar-refractivity contribution in [3.05, 3.63) is 23.8 Å². The molecule has 1 aromatic carbocycles. The van der Waals surface area contributed by atoms with Gasteiger partial charge in [0, 0.05) is 11.7 Å². The molecule has 98 valence electrons. The smallest absolute Gasteiger partial charge is 0.253 e. The Bertz CT molecular complexity index is 445. The largest absolute Gasteiger partial charge is 0.497 e. The first-order chi connectivity index (χ1) is 8.65. The van der Waals surface area contributed by atoms with Crippen LogP contribution in [-0.2, 0) is 0 Å². The summed E-state index contributed by atoms with van der Waals surface area (Å²) in [5, 5.41) is 3.02. The number of carbonyl (C=O) groups excluding carboxylic acids is 1. The summed E-state index contributed by atoms with van der Waals surface area (Å²) in [6.45, 7) is 2.16. The molecule has 0 bridgehead atoms. The van der Waals surface area contributed by atoms with Crippen LogP contribution in [0.1, 0.15) is 36.5 Å². The van der Waals surface area contributed by atoms with Crippen molar-refractivity contribution in [2.24, 2.45) is 5.92 Å². The van der Waals surface area contributed by atoms with E-state index in [2.05, 4.69) is 12.2 Å². The number of carbonyl (C=O) groups is 1. The molecule has 0 radical (unpaired) electrons. The first kappa shape index (κ1) is 12.7. The third-order valence-electron chi connectivity index (χ3n) is 3.40. The number of hydrogen-bond acceptors (Lipinski definition) is 3. The minimum atomic E-state index is -0.102. The van der Waals surface area contributed by atoms with Crippen molar-refractivity contribution in [3.8, 4) is 5.75 Å². The lowest BCUT2D eigenvalue weighted by Crippen LogP contribution is -2.27. The van der Waals surface area contributed by atoms with Crippen molar-refractivity contribution in [2.45, 2.75) is 32.2 Å². The summed E-state index contributed by atoms with van der Waals surface area (Å²) < 4.78 is 5.10. The monoisotopic (exact) mass is 248 g/mol. The van der Waals surface area contributed by atoms with Crippen molar-refractivity contribution in [2.75, 3.05) is 12.8 Å². The molecule has 1 aromatic rings. The van der Waals surface area contributed by atoms with E-state index in [-0.39, 0.29) is 5.91 Å². The first-order valence-corrected chi connectivity index (χ1v) is 6.40. The second-order valence-corrected chi connectivity index (χ2v) is 4.82. The Balaban J connectivity index is 2.01. The third kappa shape index (κ3) is 2.75. The van der Waals surface area contributed by atoms with Crippen LogP contribution in [0.2, 0.25) is 0 Å². The van der Waals surface area contributed by atoms with E-state index in [1.165, 1.54) is 12.8 Å². The summed E-state index contributed by atoms with van der Waals surface area (Å²) in [7, 11) is 1.57. The highest BCUT2D eigenvalue weighted by molar-refractivity contribution is 5.99. The number of ether oxygens (including phenoxy) is 1. The zero-order valence-corrected chi connectivity index (χ0v) is 10.9. The Labute approximate surface area is 108 Å². The van der Waals surface area contributed by atoms with Crippen molar-refractivity contribution >= 4 is 11.6 Å². The van der Waals surface area contributed by atoms with Gasteiger partial charge in [0.2, 0.25) is 0 Å². The number of rotatable bonds is 5. The Kier molecular flexibility index (Phi) is 3.75. The second kappa shape index (κ2) is 5.29. The van der Waals surface area contributed by atoms with E-state index < -0.39 is 0 Å². The summed E-state index contributed by atoms with van der Waals surface area (Å²) in [6.07, 6.45) is 3.43. The minimum absolute atomic E-state index is 0.102. The Morgan fingerprint density at radius 3 is 3.00 bits per heavy atom. The molecule has 4 heteroatoms. The van der Waals surface area contributed by atoms with Crippen LogP contribution in [0, 0.1) is 5.92 Å². The van der Waals surface area contributed by atoms with Crippen LogP contribution in [0.5, 0.6) is 5.75 Å². The van der Waals surface area contributed by atoms with Crippen LogP contribution in [0.3, 0.4) is 0 Å². The van der Waals surface area contributed by atoms with Crippen molar-refractivity contribution < 1.29 is 9.53 Å². The summed E-state index contributed by atoms with van der Waals surface area (Å²) in [6, 6.07) is 5.46. The molecule has 2 unspecified atom stereocenters. The lowest BCUT2D eigenvalue weighted by molar-refractivity contribution is 0.0949. The van der Waals surface area contributed by atoms with Crippen molar-refractivity contribution in [1.29, 1.82) is 0 Å². The van der Waals surface area contributed by atoms with Crippen LogP contribution >= 0.6 is 0 Å². The summed E-state index contributed by atoms with van der Waals surface area (Å²) in [5.74, 6) is 1.19. The Morgan fingerprint density at radius 1 is 1.56 bits per heavy atom. The SMILES string of the molecule is CCCC1CC1NC(=O)c1cc(OC)ccc1N. The molecular weight excluding hydrogens is 228 g/mol. The first-order valence-electron chi connectivity index (χ1n) is 6.40. The summed E-state index contributed by atoms with van der Waals surface area (Å²) in [5.41, 5.74) is 6.80. The molecule has 2 atom stereocenters. The highest BCUT2D eigenvalue weighted by Crippen LogP contribution is 2.35. The molecule has 1 aliphatic rings. The minimum Gasteiger partial charge on any atom is -0.497 e. The van der Waals surface area contributed by atoms with Crippen LogP contribution in [0.15, 0.2) is 18.2 Å². The number of nitrogens with two attached hydrogens (primary N) is 1. The number of methoxy groups -OCH3 is 1. The van der Waals surface area contributed by atoms with Gasteiger partial charge in [0.05, 0.1) is 12.7 Å². The van der Waals surface area contributed by atoms with E-state index in [0.29, 0.717) is 29.0 Å². The van der Waals surface area contributed by atoms with E-state index in [0.717, 1.165) is 6.42 Å². The van der Waals surface area contributed by atoms with Crippen molar-refractivity contribution in [1.82, 2.24) is 5.32 Å². The molecule has 0 aromatic heterocycles. The van der Waals surface area contributed by atoms with Gasteiger partial charge >= 0.3 is 0 Å². The molecule has 3 N–H and O–H groups in total. The zero-order chi connectivity index (χ0) is 13.1. The van der Waals surface area contributed by atoms with Gasteiger partial charge in [-0.05, 0) is 37.0 Å². The zero-order valence-electron chi connectivity index (χ0n) is 10.9. The molecule has 18 heavy (non-hydrogen) atoms. The molecule has 1 saturated carbocycles. The van der Waals surface area contributed by atoms with Gasteiger partial charge in [-0.2, -0.15) is 0 Å². The fraction of sp³-hybridized carbons (Fsp3) is 0.500. The lowest BCUT2D eigenvalue weighted by atomic mass is 10.1. The normalized spacial score (nSPS) is 21.4. The van der Waals surface area contributed by atoms with Crippen LogP contribution in [-0.4, -0.2) is 19.1 Å². The molecule has 1 aliphatic carbocycles. The van der Waals surface area contributed by atoms with Gasteiger partial charge in [-0.25, -0.2) is 0 Å².